The molecule has 0 bridgehead atoms. The molecule has 0 aliphatic carbocycles. The number of rotatable bonds is 6. The van der Waals surface area contributed by atoms with E-state index >= 15 is 0 Å². The summed E-state index contributed by atoms with van der Waals surface area (Å²) in [6, 6.07) is 8.53. The van der Waals surface area contributed by atoms with Gasteiger partial charge in [0.1, 0.15) is 17.5 Å². The van der Waals surface area contributed by atoms with Gasteiger partial charge in [-0.15, -0.1) is 12.4 Å². The normalized spacial score (nSPS) is 16.2. The van der Waals surface area contributed by atoms with E-state index < -0.39 is 0 Å². The van der Waals surface area contributed by atoms with Crippen LogP contribution >= 0.6 is 12.4 Å². The molecule has 3 heterocycles. The Morgan fingerprint density at radius 1 is 1.32 bits per heavy atom. The summed E-state index contributed by atoms with van der Waals surface area (Å²) in [6.45, 7) is 5.95. The monoisotopic (exact) mass is 362 g/mol. The summed E-state index contributed by atoms with van der Waals surface area (Å²) in [4.78, 5) is 2.52. The lowest BCUT2D eigenvalue weighted by Gasteiger charge is -2.33. The van der Waals surface area contributed by atoms with E-state index in [0.29, 0.717) is 5.69 Å². The number of piperidine rings is 1. The van der Waals surface area contributed by atoms with Crippen LogP contribution in [0.4, 0.5) is 0 Å². The Labute approximate surface area is 156 Å². The molecule has 1 atom stereocenters. The van der Waals surface area contributed by atoms with Crippen molar-refractivity contribution in [1.29, 1.82) is 5.26 Å². The fourth-order valence-corrected chi connectivity index (χ4v) is 3.51. The van der Waals surface area contributed by atoms with Crippen LogP contribution in [0.5, 0.6) is 0 Å². The van der Waals surface area contributed by atoms with Crippen molar-refractivity contribution in [2.24, 2.45) is 7.05 Å². The molecule has 1 aliphatic heterocycles. The molecule has 136 valence electrons. The summed E-state index contributed by atoms with van der Waals surface area (Å²) >= 11 is 0. The van der Waals surface area contributed by atoms with E-state index in [2.05, 4.69) is 29.3 Å². The minimum atomic E-state index is 0. The molecule has 0 aromatic carbocycles. The maximum atomic E-state index is 9.15. The van der Waals surface area contributed by atoms with Crippen LogP contribution in [0.1, 0.15) is 48.0 Å². The predicted molar refractivity (Wildman–Crippen MR) is 101 cm³/mol. The zero-order valence-electron chi connectivity index (χ0n) is 15.0. The third-order valence-electron chi connectivity index (χ3n) is 5.11. The summed E-state index contributed by atoms with van der Waals surface area (Å²) in [5.74, 6) is 1.03. The van der Waals surface area contributed by atoms with Crippen LogP contribution in [0, 0.1) is 18.3 Å². The molecule has 1 aliphatic rings. The first-order chi connectivity index (χ1) is 11.7. The van der Waals surface area contributed by atoms with Gasteiger partial charge in [-0.2, -0.15) is 5.26 Å². The van der Waals surface area contributed by atoms with E-state index in [0.717, 1.165) is 37.6 Å². The standard InChI is InChI=1S/C19H26N4O.ClH/c1-15-16(11-17(12-20)22(15)2)13-21-14-18(19-7-6-10-24-19)23-8-4-3-5-9-23;/h6-7,10-11,18,21H,3-5,8-9,13-14H2,1-2H3;1H. The first kappa shape index (κ1) is 19.6. The molecule has 3 rings (SSSR count). The fourth-order valence-electron chi connectivity index (χ4n) is 3.51. The lowest BCUT2D eigenvalue weighted by atomic mass is 10.1. The Morgan fingerprint density at radius 3 is 2.68 bits per heavy atom. The van der Waals surface area contributed by atoms with Gasteiger partial charge < -0.3 is 14.3 Å². The van der Waals surface area contributed by atoms with E-state index in [1.54, 1.807) is 6.26 Å². The maximum absolute atomic E-state index is 9.15. The summed E-state index contributed by atoms with van der Waals surface area (Å²) in [6.07, 6.45) is 5.61. The highest BCUT2D eigenvalue weighted by atomic mass is 35.5. The quantitative estimate of drug-likeness (QED) is 0.853. The molecule has 5 nitrogen and oxygen atoms in total. The van der Waals surface area contributed by atoms with E-state index in [1.807, 2.05) is 23.7 Å². The van der Waals surface area contributed by atoms with E-state index in [4.69, 9.17) is 9.68 Å². The minimum Gasteiger partial charge on any atom is -0.468 e. The van der Waals surface area contributed by atoms with Gasteiger partial charge in [-0.3, -0.25) is 4.90 Å². The molecule has 1 N–H and O–H groups in total. The largest absolute Gasteiger partial charge is 0.468 e. The van der Waals surface area contributed by atoms with Crippen molar-refractivity contribution in [3.63, 3.8) is 0 Å². The molecule has 1 unspecified atom stereocenters. The Hall–Kier alpha value is -1.74. The van der Waals surface area contributed by atoms with Crippen LogP contribution in [0.3, 0.4) is 0 Å². The number of nitriles is 1. The van der Waals surface area contributed by atoms with Gasteiger partial charge in [0.2, 0.25) is 0 Å². The maximum Gasteiger partial charge on any atom is 0.122 e. The van der Waals surface area contributed by atoms with Crippen molar-refractivity contribution in [2.75, 3.05) is 19.6 Å². The van der Waals surface area contributed by atoms with Crippen molar-refractivity contribution in [2.45, 2.75) is 38.8 Å². The Kier molecular flexibility index (Phi) is 7.12. The lowest BCUT2D eigenvalue weighted by molar-refractivity contribution is 0.142. The van der Waals surface area contributed by atoms with Crippen molar-refractivity contribution in [3.8, 4) is 6.07 Å². The smallest absolute Gasteiger partial charge is 0.122 e. The predicted octanol–water partition coefficient (Wildman–Crippen LogP) is 3.54. The van der Waals surface area contributed by atoms with E-state index in [1.165, 1.54) is 24.8 Å². The molecule has 2 aromatic heterocycles. The number of furan rings is 1. The molecule has 0 amide bonds. The van der Waals surface area contributed by atoms with Gasteiger partial charge in [0.15, 0.2) is 0 Å². The molecule has 0 spiro atoms. The second-order valence-electron chi connectivity index (χ2n) is 6.57. The summed E-state index contributed by atoms with van der Waals surface area (Å²) < 4.78 is 7.64. The minimum absolute atomic E-state index is 0. The van der Waals surface area contributed by atoms with Gasteiger partial charge >= 0.3 is 0 Å². The lowest BCUT2D eigenvalue weighted by Crippen LogP contribution is -2.38. The highest BCUT2D eigenvalue weighted by Crippen LogP contribution is 2.24. The first-order valence-corrected chi connectivity index (χ1v) is 8.74. The van der Waals surface area contributed by atoms with Gasteiger partial charge in [-0.05, 0) is 56.6 Å². The van der Waals surface area contributed by atoms with Crippen LogP contribution in [0.15, 0.2) is 28.9 Å². The molecule has 6 heteroatoms. The third kappa shape index (κ3) is 4.46. The highest BCUT2D eigenvalue weighted by molar-refractivity contribution is 5.85. The van der Waals surface area contributed by atoms with Crippen molar-refractivity contribution in [1.82, 2.24) is 14.8 Å². The van der Waals surface area contributed by atoms with Crippen molar-refractivity contribution >= 4 is 12.4 Å². The average Bonchev–Trinajstić information content (AvgIpc) is 3.23. The topological polar surface area (TPSA) is 57.1 Å². The molecule has 25 heavy (non-hydrogen) atoms. The highest BCUT2D eigenvalue weighted by Gasteiger charge is 2.24. The van der Waals surface area contributed by atoms with Crippen LogP contribution < -0.4 is 5.32 Å². The summed E-state index contributed by atoms with van der Waals surface area (Å²) in [5.41, 5.74) is 3.04. The zero-order valence-corrected chi connectivity index (χ0v) is 15.8. The van der Waals surface area contributed by atoms with Crippen LogP contribution in [0.2, 0.25) is 0 Å². The number of nitrogens with zero attached hydrogens (tertiary/aromatic N) is 3. The molecular weight excluding hydrogens is 336 g/mol. The average molecular weight is 363 g/mol. The molecule has 2 aromatic rings. The van der Waals surface area contributed by atoms with Gasteiger partial charge in [0.05, 0.1) is 12.3 Å². The van der Waals surface area contributed by atoms with Crippen molar-refractivity contribution in [3.05, 3.63) is 47.2 Å². The summed E-state index contributed by atoms with van der Waals surface area (Å²) in [7, 11) is 1.94. The Balaban J connectivity index is 0.00000225. The number of hydrogen-bond donors (Lipinski definition) is 1. The van der Waals surface area contributed by atoms with E-state index in [-0.39, 0.29) is 18.4 Å². The second-order valence-corrected chi connectivity index (χ2v) is 6.57. The molecular formula is C19H27ClN4O. The van der Waals surface area contributed by atoms with Gasteiger partial charge in [-0.25, -0.2) is 0 Å². The number of likely N-dealkylation sites (tertiary alicyclic amines) is 1. The number of aromatic nitrogens is 1. The summed E-state index contributed by atoms with van der Waals surface area (Å²) in [5, 5.41) is 12.7. The molecule has 0 radical (unpaired) electrons. The fraction of sp³-hybridized carbons (Fsp3) is 0.526. The number of nitrogens with one attached hydrogen (secondary N) is 1. The first-order valence-electron chi connectivity index (χ1n) is 8.74. The SMILES string of the molecule is Cc1c(CNCC(c2ccco2)N2CCCCC2)cc(C#N)n1C.Cl. The number of halogens is 1. The molecule has 1 saturated heterocycles. The van der Waals surface area contributed by atoms with Gasteiger partial charge in [0, 0.05) is 25.8 Å². The van der Waals surface area contributed by atoms with Crippen molar-refractivity contribution < 1.29 is 4.42 Å². The van der Waals surface area contributed by atoms with Crippen LogP contribution in [0.25, 0.3) is 0 Å². The molecule has 0 saturated carbocycles. The Bertz CT molecular complexity index is 696. The zero-order chi connectivity index (χ0) is 16.9. The Morgan fingerprint density at radius 2 is 2.08 bits per heavy atom. The van der Waals surface area contributed by atoms with E-state index in [9.17, 15) is 0 Å². The van der Waals surface area contributed by atoms with Crippen LogP contribution in [-0.4, -0.2) is 29.1 Å². The van der Waals surface area contributed by atoms with Gasteiger partial charge in [-0.1, -0.05) is 6.42 Å². The van der Waals surface area contributed by atoms with Crippen LogP contribution in [-0.2, 0) is 13.6 Å². The number of hydrogen-bond acceptors (Lipinski definition) is 4. The second kappa shape index (κ2) is 9.10. The van der Waals surface area contributed by atoms with Gasteiger partial charge in [0.25, 0.3) is 0 Å². The molecule has 1 fully saturated rings. The third-order valence-corrected chi connectivity index (χ3v) is 5.11.